The quantitative estimate of drug-likeness (QED) is 0.862. The first kappa shape index (κ1) is 13.7. The van der Waals surface area contributed by atoms with Crippen LogP contribution >= 0.6 is 0 Å². The molecule has 0 amide bonds. The van der Waals surface area contributed by atoms with E-state index in [9.17, 15) is 4.39 Å². The lowest BCUT2D eigenvalue weighted by molar-refractivity contribution is 0.495. The summed E-state index contributed by atoms with van der Waals surface area (Å²) in [5.74, 6) is -0.0220. The van der Waals surface area contributed by atoms with E-state index < -0.39 is 5.82 Å². The van der Waals surface area contributed by atoms with Gasteiger partial charge in [-0.2, -0.15) is 0 Å². The second-order valence-electron chi connectivity index (χ2n) is 5.16. The predicted octanol–water partition coefficient (Wildman–Crippen LogP) is 1.19. The number of nitrogens with zero attached hydrogens (tertiary/aromatic N) is 4. The molecule has 0 aromatic carbocycles. The maximum Gasteiger partial charge on any atom is 0.225 e. The maximum absolute atomic E-state index is 13.5. The van der Waals surface area contributed by atoms with Gasteiger partial charge in [0.1, 0.15) is 0 Å². The third-order valence-corrected chi connectivity index (χ3v) is 3.63. The molecule has 0 saturated carbocycles. The number of rotatable bonds is 2. The number of hydrogen-bond donors (Lipinski definition) is 2. The molecule has 2 aromatic heterocycles. The average Bonchev–Trinajstić information content (AvgIpc) is 2.51. The Balaban J connectivity index is 1.87. The van der Waals surface area contributed by atoms with E-state index in [1.165, 1.54) is 12.3 Å². The van der Waals surface area contributed by atoms with Crippen LogP contribution in [0.15, 0.2) is 24.5 Å². The molecule has 1 aliphatic heterocycles. The Bertz CT molecular complexity index is 639. The van der Waals surface area contributed by atoms with E-state index in [2.05, 4.69) is 19.9 Å². The highest BCUT2D eigenvalue weighted by atomic mass is 19.1. The molecule has 1 fully saturated rings. The molecule has 1 aliphatic rings. The van der Waals surface area contributed by atoms with E-state index in [1.807, 2.05) is 0 Å². The lowest BCUT2D eigenvalue weighted by atomic mass is 10.1. The van der Waals surface area contributed by atoms with E-state index in [0.717, 1.165) is 25.9 Å². The monoisotopic (exact) mass is 288 g/mol. The van der Waals surface area contributed by atoms with Crippen molar-refractivity contribution in [1.82, 2.24) is 15.0 Å². The molecular weight excluding hydrogens is 271 g/mol. The standard InChI is InChI=1S/C14H17FN6/c15-11-7-9(8-19-13(11)17)12-1-4-18-14(20-12)21-5-2-10(16)3-6-21/h1,4,7-8,10H,2-3,5-6,16H2,(H2,17,19). The molecule has 0 atom stereocenters. The lowest BCUT2D eigenvalue weighted by Crippen LogP contribution is -2.40. The van der Waals surface area contributed by atoms with Crippen molar-refractivity contribution in [2.45, 2.75) is 18.9 Å². The van der Waals surface area contributed by atoms with Gasteiger partial charge in [-0.05, 0) is 25.0 Å². The summed E-state index contributed by atoms with van der Waals surface area (Å²) in [7, 11) is 0. The van der Waals surface area contributed by atoms with Crippen LogP contribution in [0, 0.1) is 5.82 Å². The molecule has 0 aliphatic carbocycles. The average molecular weight is 288 g/mol. The number of aromatic nitrogens is 3. The normalized spacial score (nSPS) is 16.2. The van der Waals surface area contributed by atoms with Crippen LogP contribution < -0.4 is 16.4 Å². The van der Waals surface area contributed by atoms with Gasteiger partial charge in [-0.3, -0.25) is 0 Å². The summed E-state index contributed by atoms with van der Waals surface area (Å²) >= 11 is 0. The molecule has 0 bridgehead atoms. The summed E-state index contributed by atoms with van der Waals surface area (Å²) in [5.41, 5.74) is 12.5. The molecule has 110 valence electrons. The van der Waals surface area contributed by atoms with Crippen molar-refractivity contribution in [2.75, 3.05) is 23.7 Å². The predicted molar refractivity (Wildman–Crippen MR) is 79.1 cm³/mol. The SMILES string of the molecule is Nc1ncc(-c2ccnc(N3CCC(N)CC3)n2)cc1F. The van der Waals surface area contributed by atoms with Crippen molar-refractivity contribution in [3.63, 3.8) is 0 Å². The Morgan fingerprint density at radius 1 is 1.24 bits per heavy atom. The number of anilines is 2. The van der Waals surface area contributed by atoms with Crippen LogP contribution in [0.3, 0.4) is 0 Å². The van der Waals surface area contributed by atoms with Crippen molar-refractivity contribution in [3.8, 4) is 11.3 Å². The van der Waals surface area contributed by atoms with Crippen molar-refractivity contribution in [3.05, 3.63) is 30.3 Å². The molecule has 4 N–H and O–H groups in total. The number of nitrogen functional groups attached to an aromatic ring is 1. The van der Waals surface area contributed by atoms with Crippen LogP contribution in [-0.4, -0.2) is 34.1 Å². The van der Waals surface area contributed by atoms with Gasteiger partial charge in [-0.25, -0.2) is 19.3 Å². The van der Waals surface area contributed by atoms with Crippen molar-refractivity contribution < 1.29 is 4.39 Å². The van der Waals surface area contributed by atoms with Crippen LogP contribution in [0.1, 0.15) is 12.8 Å². The van der Waals surface area contributed by atoms with Gasteiger partial charge in [-0.1, -0.05) is 0 Å². The Kier molecular flexibility index (Phi) is 3.66. The lowest BCUT2D eigenvalue weighted by Gasteiger charge is -2.30. The smallest absolute Gasteiger partial charge is 0.225 e. The summed E-state index contributed by atoms with van der Waals surface area (Å²) in [4.78, 5) is 14.7. The minimum absolute atomic E-state index is 0.113. The molecular formula is C14H17FN6. The third-order valence-electron chi connectivity index (χ3n) is 3.63. The molecule has 2 aromatic rings. The van der Waals surface area contributed by atoms with E-state index in [0.29, 0.717) is 17.2 Å². The van der Waals surface area contributed by atoms with Gasteiger partial charge >= 0.3 is 0 Å². The van der Waals surface area contributed by atoms with E-state index in [-0.39, 0.29) is 11.9 Å². The summed E-state index contributed by atoms with van der Waals surface area (Å²) in [6.45, 7) is 1.66. The van der Waals surface area contributed by atoms with Gasteiger partial charge in [0, 0.05) is 37.1 Å². The fourth-order valence-corrected chi connectivity index (χ4v) is 2.35. The second-order valence-corrected chi connectivity index (χ2v) is 5.16. The summed E-state index contributed by atoms with van der Waals surface area (Å²) in [6, 6.07) is 3.31. The highest BCUT2D eigenvalue weighted by Gasteiger charge is 2.18. The Hall–Kier alpha value is -2.28. The molecule has 7 heteroatoms. The summed E-state index contributed by atoms with van der Waals surface area (Å²) < 4.78 is 13.5. The Morgan fingerprint density at radius 2 is 2.00 bits per heavy atom. The van der Waals surface area contributed by atoms with Crippen molar-refractivity contribution in [2.24, 2.45) is 5.73 Å². The zero-order valence-electron chi connectivity index (χ0n) is 11.5. The van der Waals surface area contributed by atoms with Crippen LogP contribution in [0.25, 0.3) is 11.3 Å². The van der Waals surface area contributed by atoms with Crippen molar-refractivity contribution >= 4 is 11.8 Å². The Labute approximate surface area is 122 Å². The number of halogens is 1. The fourth-order valence-electron chi connectivity index (χ4n) is 2.35. The number of nitrogens with two attached hydrogens (primary N) is 2. The fraction of sp³-hybridized carbons (Fsp3) is 0.357. The number of pyridine rings is 1. The first-order chi connectivity index (χ1) is 10.1. The van der Waals surface area contributed by atoms with Gasteiger partial charge in [0.25, 0.3) is 0 Å². The molecule has 0 unspecified atom stereocenters. The van der Waals surface area contributed by atoms with Crippen molar-refractivity contribution in [1.29, 1.82) is 0 Å². The van der Waals surface area contributed by atoms with Crippen LogP contribution in [0.5, 0.6) is 0 Å². The zero-order valence-corrected chi connectivity index (χ0v) is 11.5. The van der Waals surface area contributed by atoms with Gasteiger partial charge in [0.15, 0.2) is 11.6 Å². The largest absolute Gasteiger partial charge is 0.381 e. The molecule has 0 radical (unpaired) electrons. The van der Waals surface area contributed by atoms with Crippen LogP contribution in [-0.2, 0) is 0 Å². The van der Waals surface area contributed by atoms with Gasteiger partial charge in [0.05, 0.1) is 5.69 Å². The van der Waals surface area contributed by atoms with E-state index in [1.54, 1.807) is 12.3 Å². The maximum atomic E-state index is 13.5. The Morgan fingerprint density at radius 3 is 2.71 bits per heavy atom. The topological polar surface area (TPSA) is 94.0 Å². The number of piperidine rings is 1. The molecule has 21 heavy (non-hydrogen) atoms. The first-order valence-electron chi connectivity index (χ1n) is 6.88. The van der Waals surface area contributed by atoms with E-state index >= 15 is 0 Å². The first-order valence-corrected chi connectivity index (χ1v) is 6.88. The van der Waals surface area contributed by atoms with Crippen LogP contribution in [0.2, 0.25) is 0 Å². The van der Waals surface area contributed by atoms with Gasteiger partial charge < -0.3 is 16.4 Å². The molecule has 6 nitrogen and oxygen atoms in total. The van der Waals surface area contributed by atoms with E-state index in [4.69, 9.17) is 11.5 Å². The minimum Gasteiger partial charge on any atom is -0.381 e. The molecule has 3 rings (SSSR count). The summed E-state index contributed by atoms with van der Waals surface area (Å²) in [6.07, 6.45) is 5.02. The van der Waals surface area contributed by atoms with Crippen LogP contribution in [0.4, 0.5) is 16.2 Å². The molecule has 0 spiro atoms. The number of hydrogen-bond acceptors (Lipinski definition) is 6. The minimum atomic E-state index is -0.545. The molecule has 1 saturated heterocycles. The highest BCUT2D eigenvalue weighted by Crippen LogP contribution is 2.22. The highest BCUT2D eigenvalue weighted by molar-refractivity contribution is 5.60. The van der Waals surface area contributed by atoms with Gasteiger partial charge in [0.2, 0.25) is 5.95 Å². The molecule has 3 heterocycles. The third kappa shape index (κ3) is 2.92. The van der Waals surface area contributed by atoms with Gasteiger partial charge in [-0.15, -0.1) is 0 Å². The zero-order chi connectivity index (χ0) is 14.8. The second kappa shape index (κ2) is 5.61. The summed E-state index contributed by atoms with van der Waals surface area (Å²) in [5, 5.41) is 0.